The topological polar surface area (TPSA) is 96.2 Å². The van der Waals surface area contributed by atoms with Crippen LogP contribution in [-0.4, -0.2) is 46.7 Å². The summed E-state index contributed by atoms with van der Waals surface area (Å²) in [5.74, 6) is -0.111. The Bertz CT molecular complexity index is 414. The molecule has 0 radical (unpaired) electrons. The zero-order valence-corrected chi connectivity index (χ0v) is 24.6. The SMILES string of the molecule is CCCCCCCCCCCCOCCCCCCCCCCCC.O=P(O)(O)OCC(O)CCl. The molecule has 0 aliphatic carbocycles. The minimum absolute atomic E-state index is 0.111. The zero-order valence-electron chi connectivity index (χ0n) is 22.9. The highest BCUT2D eigenvalue weighted by Crippen LogP contribution is 2.35. The lowest BCUT2D eigenvalue weighted by Gasteiger charge is -2.07. The van der Waals surface area contributed by atoms with E-state index in [-0.39, 0.29) is 5.88 Å². The maximum Gasteiger partial charge on any atom is 0.469 e. The Labute approximate surface area is 222 Å². The smallest absolute Gasteiger partial charge is 0.389 e. The van der Waals surface area contributed by atoms with Gasteiger partial charge in [-0.3, -0.25) is 4.52 Å². The number of aliphatic hydroxyl groups is 1. The fourth-order valence-electron chi connectivity index (χ4n) is 3.71. The number of hydrogen-bond donors (Lipinski definition) is 3. The van der Waals surface area contributed by atoms with Gasteiger partial charge in [0.1, 0.15) is 0 Å². The highest BCUT2D eigenvalue weighted by Gasteiger charge is 2.15. The normalized spacial score (nSPS) is 12.4. The van der Waals surface area contributed by atoms with Gasteiger partial charge in [-0.05, 0) is 12.8 Å². The first-order valence-electron chi connectivity index (χ1n) is 14.4. The minimum atomic E-state index is -4.45. The number of phosphoric ester groups is 1. The number of hydrogen-bond acceptors (Lipinski definition) is 4. The maximum absolute atomic E-state index is 9.97. The van der Waals surface area contributed by atoms with Crippen molar-refractivity contribution in [1.29, 1.82) is 0 Å². The second-order valence-electron chi connectivity index (χ2n) is 9.57. The van der Waals surface area contributed by atoms with E-state index in [1.54, 1.807) is 0 Å². The van der Waals surface area contributed by atoms with Crippen LogP contribution in [0.2, 0.25) is 0 Å². The minimum Gasteiger partial charge on any atom is -0.389 e. The van der Waals surface area contributed by atoms with Crippen molar-refractivity contribution in [2.75, 3.05) is 25.7 Å². The molecule has 0 aromatic carbocycles. The Balaban J connectivity index is 0. The van der Waals surface area contributed by atoms with Gasteiger partial charge in [-0.2, -0.15) is 0 Å². The molecule has 6 nitrogen and oxygen atoms in total. The number of halogens is 1. The summed E-state index contributed by atoms with van der Waals surface area (Å²) < 4.78 is 19.7. The largest absolute Gasteiger partial charge is 0.469 e. The highest BCUT2D eigenvalue weighted by molar-refractivity contribution is 7.46. The van der Waals surface area contributed by atoms with Crippen molar-refractivity contribution in [3.63, 3.8) is 0 Å². The van der Waals surface area contributed by atoms with Crippen molar-refractivity contribution in [2.24, 2.45) is 0 Å². The first-order chi connectivity index (χ1) is 16.9. The molecule has 0 aliphatic rings. The molecule has 0 saturated heterocycles. The summed E-state index contributed by atoms with van der Waals surface area (Å²) in [7, 11) is -4.45. The lowest BCUT2D eigenvalue weighted by molar-refractivity contribution is 0.0989. The molecule has 0 bridgehead atoms. The van der Waals surface area contributed by atoms with Crippen LogP contribution >= 0.6 is 19.4 Å². The van der Waals surface area contributed by atoms with E-state index in [1.165, 1.54) is 128 Å². The van der Waals surface area contributed by atoms with E-state index in [0.29, 0.717) is 0 Å². The van der Waals surface area contributed by atoms with E-state index in [4.69, 9.17) is 31.2 Å². The molecule has 1 atom stereocenters. The first-order valence-corrected chi connectivity index (χ1v) is 16.5. The summed E-state index contributed by atoms with van der Waals surface area (Å²) in [6.07, 6.45) is 27.1. The molecule has 0 heterocycles. The summed E-state index contributed by atoms with van der Waals surface area (Å²) in [6.45, 7) is 6.12. The van der Waals surface area contributed by atoms with Gasteiger partial charge in [0.05, 0.1) is 18.6 Å². The van der Waals surface area contributed by atoms with E-state index >= 15 is 0 Å². The van der Waals surface area contributed by atoms with Gasteiger partial charge in [0, 0.05) is 13.2 Å². The second-order valence-corrected chi connectivity index (χ2v) is 11.1. The number of aliphatic hydroxyl groups excluding tert-OH is 1. The molecule has 0 aromatic heterocycles. The van der Waals surface area contributed by atoms with Crippen molar-refractivity contribution in [1.82, 2.24) is 0 Å². The Kier molecular flexibility index (Phi) is 32.7. The molecule has 0 spiro atoms. The lowest BCUT2D eigenvalue weighted by Crippen LogP contribution is -2.15. The maximum atomic E-state index is 9.97. The zero-order chi connectivity index (χ0) is 26.5. The first kappa shape index (κ1) is 37.5. The van der Waals surface area contributed by atoms with E-state index in [9.17, 15) is 4.57 Å². The third-order valence-corrected chi connectivity index (χ3v) is 6.74. The Hall–Kier alpha value is 0.320. The quantitative estimate of drug-likeness (QED) is 0.0573. The molecule has 0 aromatic rings. The van der Waals surface area contributed by atoms with Gasteiger partial charge < -0.3 is 19.6 Å². The summed E-state index contributed by atoms with van der Waals surface area (Å²) in [5.41, 5.74) is 0. The van der Waals surface area contributed by atoms with Gasteiger partial charge in [-0.1, -0.05) is 129 Å². The number of unbranched alkanes of at least 4 members (excludes halogenated alkanes) is 18. The average molecular weight is 545 g/mol. The predicted molar refractivity (Wildman–Crippen MR) is 149 cm³/mol. The number of ether oxygens (including phenoxy) is 1. The molecule has 3 N–H and O–H groups in total. The van der Waals surface area contributed by atoms with Gasteiger partial charge in [0.2, 0.25) is 0 Å². The van der Waals surface area contributed by atoms with Gasteiger partial charge in [-0.25, -0.2) is 4.57 Å². The molecule has 0 aliphatic heterocycles. The Morgan fingerprint density at radius 2 is 0.943 bits per heavy atom. The third-order valence-electron chi connectivity index (χ3n) is 5.90. The van der Waals surface area contributed by atoms with E-state index in [2.05, 4.69) is 18.4 Å². The molecule has 214 valence electrons. The number of phosphoric acid groups is 1. The van der Waals surface area contributed by atoms with Crippen molar-refractivity contribution in [3.8, 4) is 0 Å². The highest BCUT2D eigenvalue weighted by atomic mass is 35.5. The average Bonchev–Trinajstić information content (AvgIpc) is 2.83. The molecule has 8 heteroatoms. The summed E-state index contributed by atoms with van der Waals surface area (Å²) in [6, 6.07) is 0. The van der Waals surface area contributed by atoms with Crippen molar-refractivity contribution < 1.29 is 28.7 Å². The summed E-state index contributed by atoms with van der Waals surface area (Å²) in [4.78, 5) is 16.2. The fourth-order valence-corrected chi connectivity index (χ4v) is 4.17. The predicted octanol–water partition coefficient (Wildman–Crippen LogP) is 8.54. The van der Waals surface area contributed by atoms with E-state index in [0.717, 1.165) is 13.2 Å². The van der Waals surface area contributed by atoms with Crippen molar-refractivity contribution in [3.05, 3.63) is 0 Å². The van der Waals surface area contributed by atoms with Crippen LogP contribution in [0, 0.1) is 0 Å². The van der Waals surface area contributed by atoms with Crippen LogP contribution in [0.5, 0.6) is 0 Å². The molecule has 0 fully saturated rings. The van der Waals surface area contributed by atoms with Crippen LogP contribution in [-0.2, 0) is 13.8 Å². The third kappa shape index (κ3) is 39.0. The standard InChI is InChI=1S/C24H50O.C3H8ClO5P/c1-3-5-7-9-11-13-15-17-19-21-23-25-24-22-20-18-16-14-12-10-8-6-4-2;4-1-3(5)2-9-10(6,7)8/h3-24H2,1-2H3;3,5H,1-2H2,(H2,6,7,8). The number of rotatable bonds is 26. The molecular formula is C27H58ClO6P. The van der Waals surface area contributed by atoms with Crippen molar-refractivity contribution >= 4 is 19.4 Å². The fraction of sp³-hybridized carbons (Fsp3) is 1.00. The molecular weight excluding hydrogens is 487 g/mol. The van der Waals surface area contributed by atoms with Crippen LogP contribution in [0.3, 0.4) is 0 Å². The van der Waals surface area contributed by atoms with Gasteiger partial charge in [0.25, 0.3) is 0 Å². The Morgan fingerprint density at radius 1 is 0.629 bits per heavy atom. The van der Waals surface area contributed by atoms with Crippen molar-refractivity contribution in [2.45, 2.75) is 148 Å². The molecule has 0 rings (SSSR count). The van der Waals surface area contributed by atoms with E-state index in [1.807, 2.05) is 0 Å². The molecule has 0 saturated carbocycles. The van der Waals surface area contributed by atoms with Crippen LogP contribution in [0.15, 0.2) is 0 Å². The van der Waals surface area contributed by atoms with Crippen LogP contribution < -0.4 is 0 Å². The van der Waals surface area contributed by atoms with E-state index < -0.39 is 20.5 Å². The lowest BCUT2D eigenvalue weighted by atomic mass is 10.1. The molecule has 1 unspecified atom stereocenters. The number of alkyl halides is 1. The van der Waals surface area contributed by atoms with Gasteiger partial charge in [-0.15, -0.1) is 11.6 Å². The van der Waals surface area contributed by atoms with Crippen LogP contribution in [0.4, 0.5) is 0 Å². The summed E-state index contributed by atoms with van der Waals surface area (Å²) >= 11 is 5.10. The van der Waals surface area contributed by atoms with Gasteiger partial charge in [0.15, 0.2) is 0 Å². The molecule has 0 amide bonds. The van der Waals surface area contributed by atoms with Gasteiger partial charge >= 0.3 is 7.82 Å². The van der Waals surface area contributed by atoms with Crippen LogP contribution in [0.1, 0.15) is 142 Å². The molecule has 35 heavy (non-hydrogen) atoms. The van der Waals surface area contributed by atoms with Crippen LogP contribution in [0.25, 0.3) is 0 Å². The Morgan fingerprint density at radius 3 is 1.23 bits per heavy atom. The monoisotopic (exact) mass is 544 g/mol. The second kappa shape index (κ2) is 30.5. The summed E-state index contributed by atoms with van der Waals surface area (Å²) in [5, 5.41) is 8.62.